The van der Waals surface area contributed by atoms with Crippen LogP contribution in [0.2, 0.25) is 0 Å². The van der Waals surface area contributed by atoms with Crippen molar-refractivity contribution in [3.05, 3.63) is 0 Å². The lowest BCUT2D eigenvalue weighted by molar-refractivity contribution is -0.126. The molecule has 1 heterocycles. The van der Waals surface area contributed by atoms with E-state index in [4.69, 9.17) is 0 Å². The van der Waals surface area contributed by atoms with Crippen LogP contribution in [0.3, 0.4) is 0 Å². The zero-order valence-corrected chi connectivity index (χ0v) is 16.9. The Morgan fingerprint density at radius 2 is 1.67 bits per heavy atom. The van der Waals surface area contributed by atoms with Gasteiger partial charge in [-0.3, -0.25) is 4.79 Å². The fraction of sp³-hybridized carbons (Fsp3) is 0.909. The fourth-order valence-corrected chi connectivity index (χ4v) is 6.21. The van der Waals surface area contributed by atoms with Gasteiger partial charge in [-0.2, -0.15) is 0 Å². The molecule has 3 saturated carbocycles. The second-order valence-corrected chi connectivity index (χ2v) is 9.68. The molecule has 0 radical (unpaired) electrons. The van der Waals surface area contributed by atoms with Gasteiger partial charge in [0.25, 0.3) is 0 Å². The van der Waals surface area contributed by atoms with Crippen LogP contribution in [0.1, 0.15) is 77.6 Å². The van der Waals surface area contributed by atoms with Crippen molar-refractivity contribution in [2.24, 2.45) is 23.7 Å². The summed E-state index contributed by atoms with van der Waals surface area (Å²) in [6.07, 6.45) is 13.0. The van der Waals surface area contributed by atoms with Crippen LogP contribution in [0.5, 0.6) is 0 Å². The van der Waals surface area contributed by atoms with Crippen LogP contribution in [0, 0.1) is 23.7 Å². The molecule has 4 aliphatic rings. The van der Waals surface area contributed by atoms with E-state index in [1.165, 1.54) is 44.9 Å². The molecule has 5 heteroatoms. The summed E-state index contributed by atoms with van der Waals surface area (Å²) in [4.78, 5) is 27.1. The van der Waals surface area contributed by atoms with Gasteiger partial charge in [0.1, 0.15) is 0 Å². The van der Waals surface area contributed by atoms with Gasteiger partial charge in [0, 0.05) is 31.1 Å². The van der Waals surface area contributed by atoms with Gasteiger partial charge < -0.3 is 15.5 Å². The first-order valence-corrected chi connectivity index (χ1v) is 11.5. The summed E-state index contributed by atoms with van der Waals surface area (Å²) < 4.78 is 0. The maximum Gasteiger partial charge on any atom is 0.317 e. The minimum absolute atomic E-state index is 0.0994. The van der Waals surface area contributed by atoms with Gasteiger partial charge in [-0.05, 0) is 69.6 Å². The molecular formula is C22H37N3O2. The highest BCUT2D eigenvalue weighted by molar-refractivity contribution is 5.79. The average molecular weight is 376 g/mol. The summed E-state index contributed by atoms with van der Waals surface area (Å²) >= 11 is 0. The second kappa shape index (κ2) is 8.40. The van der Waals surface area contributed by atoms with Crippen molar-refractivity contribution in [3.63, 3.8) is 0 Å². The van der Waals surface area contributed by atoms with Crippen molar-refractivity contribution in [1.29, 1.82) is 0 Å². The van der Waals surface area contributed by atoms with Gasteiger partial charge in [0.05, 0.1) is 0 Å². The average Bonchev–Trinajstić information content (AvgIpc) is 3.33. The first kappa shape index (κ1) is 19.1. The Bertz CT molecular complexity index is 538. The largest absolute Gasteiger partial charge is 0.353 e. The van der Waals surface area contributed by atoms with Crippen molar-refractivity contribution < 1.29 is 9.59 Å². The van der Waals surface area contributed by atoms with E-state index >= 15 is 0 Å². The van der Waals surface area contributed by atoms with Gasteiger partial charge in [0.15, 0.2) is 0 Å². The lowest BCUT2D eigenvalue weighted by Crippen LogP contribution is -2.52. The molecule has 3 amide bonds. The number of piperidine rings is 1. The van der Waals surface area contributed by atoms with Crippen LogP contribution in [0.4, 0.5) is 4.79 Å². The summed E-state index contributed by atoms with van der Waals surface area (Å²) in [7, 11) is 0. The van der Waals surface area contributed by atoms with Crippen molar-refractivity contribution in [3.8, 4) is 0 Å². The molecule has 0 aromatic heterocycles. The lowest BCUT2D eigenvalue weighted by atomic mass is 9.84. The van der Waals surface area contributed by atoms with Crippen LogP contribution in [-0.4, -0.2) is 42.0 Å². The van der Waals surface area contributed by atoms with E-state index < -0.39 is 0 Å². The highest BCUT2D eigenvalue weighted by atomic mass is 16.2. The van der Waals surface area contributed by atoms with Crippen LogP contribution in [-0.2, 0) is 4.79 Å². The molecule has 4 fully saturated rings. The third kappa shape index (κ3) is 4.43. The zero-order chi connectivity index (χ0) is 18.8. The molecule has 3 aliphatic carbocycles. The molecule has 4 rings (SSSR count). The van der Waals surface area contributed by atoms with Gasteiger partial charge >= 0.3 is 6.03 Å². The number of amides is 3. The maximum absolute atomic E-state index is 12.7. The fourth-order valence-electron chi connectivity index (χ4n) is 6.21. The summed E-state index contributed by atoms with van der Waals surface area (Å²) in [5.41, 5.74) is 0. The third-order valence-electron chi connectivity index (χ3n) is 7.89. The smallest absolute Gasteiger partial charge is 0.317 e. The van der Waals surface area contributed by atoms with Gasteiger partial charge in [-0.25, -0.2) is 4.79 Å². The quantitative estimate of drug-likeness (QED) is 0.787. The van der Waals surface area contributed by atoms with E-state index in [1.54, 1.807) is 0 Å². The van der Waals surface area contributed by atoms with E-state index in [0.717, 1.165) is 50.6 Å². The third-order valence-corrected chi connectivity index (χ3v) is 7.89. The minimum atomic E-state index is 0.0994. The molecule has 1 aliphatic heterocycles. The Hall–Kier alpha value is -1.26. The van der Waals surface area contributed by atoms with Crippen molar-refractivity contribution in [2.45, 2.75) is 89.6 Å². The molecule has 0 aromatic carbocycles. The molecule has 27 heavy (non-hydrogen) atoms. The molecule has 0 aromatic rings. The first-order chi connectivity index (χ1) is 13.1. The number of urea groups is 1. The Balaban J connectivity index is 1.18. The number of hydrogen-bond acceptors (Lipinski definition) is 2. The predicted molar refractivity (Wildman–Crippen MR) is 106 cm³/mol. The minimum Gasteiger partial charge on any atom is -0.353 e. The number of rotatable bonds is 4. The van der Waals surface area contributed by atoms with Gasteiger partial charge in [-0.15, -0.1) is 0 Å². The van der Waals surface area contributed by atoms with Crippen LogP contribution < -0.4 is 10.6 Å². The van der Waals surface area contributed by atoms with Crippen LogP contribution in [0.25, 0.3) is 0 Å². The standard InChI is InChI=1S/C22H37N3O2/c1-15(20-14-16-7-8-18(20)13-16)23-22(27)25-11-9-19(10-12-25)24-21(26)17-5-3-2-4-6-17/h15-20H,2-14H2,1H3,(H,23,27)(H,24,26). The lowest BCUT2D eigenvalue weighted by Gasteiger charge is -2.35. The van der Waals surface area contributed by atoms with E-state index in [-0.39, 0.29) is 29.9 Å². The topological polar surface area (TPSA) is 61.4 Å². The number of nitrogens with one attached hydrogen (secondary N) is 2. The normalized spacial score (nSPS) is 33.1. The Labute approximate surface area is 164 Å². The maximum atomic E-state index is 12.7. The first-order valence-electron chi connectivity index (χ1n) is 11.5. The van der Waals surface area contributed by atoms with Crippen molar-refractivity contribution in [2.75, 3.05) is 13.1 Å². The molecular weight excluding hydrogens is 338 g/mol. The van der Waals surface area contributed by atoms with Crippen molar-refractivity contribution in [1.82, 2.24) is 15.5 Å². The number of carbonyl (C=O) groups is 2. The highest BCUT2D eigenvalue weighted by Crippen LogP contribution is 2.49. The summed E-state index contributed by atoms with van der Waals surface area (Å²) in [5.74, 6) is 2.92. The molecule has 5 nitrogen and oxygen atoms in total. The molecule has 2 bridgehead atoms. The monoisotopic (exact) mass is 375 g/mol. The Morgan fingerprint density at radius 3 is 2.30 bits per heavy atom. The molecule has 152 valence electrons. The van der Waals surface area contributed by atoms with Gasteiger partial charge in [0.2, 0.25) is 5.91 Å². The summed E-state index contributed by atoms with van der Waals surface area (Å²) in [5, 5.41) is 6.54. The van der Waals surface area contributed by atoms with Crippen LogP contribution in [0.15, 0.2) is 0 Å². The predicted octanol–water partition coefficient (Wildman–Crippen LogP) is 3.68. The molecule has 1 saturated heterocycles. The summed E-state index contributed by atoms with van der Waals surface area (Å²) in [6.45, 7) is 3.70. The van der Waals surface area contributed by atoms with E-state index in [0.29, 0.717) is 5.92 Å². The number of hydrogen-bond donors (Lipinski definition) is 2. The Kier molecular flexibility index (Phi) is 5.93. The van der Waals surface area contributed by atoms with Crippen LogP contribution >= 0.6 is 0 Å². The molecule has 4 unspecified atom stereocenters. The molecule has 2 N–H and O–H groups in total. The Morgan fingerprint density at radius 1 is 0.926 bits per heavy atom. The number of carbonyl (C=O) groups excluding carboxylic acids is 2. The zero-order valence-electron chi connectivity index (χ0n) is 16.9. The molecule has 4 atom stereocenters. The van der Waals surface area contributed by atoms with E-state index in [9.17, 15) is 9.59 Å². The van der Waals surface area contributed by atoms with E-state index in [2.05, 4.69) is 17.6 Å². The summed E-state index contributed by atoms with van der Waals surface area (Å²) in [6, 6.07) is 0.630. The number of fused-ring (bicyclic) bond motifs is 2. The number of nitrogens with zero attached hydrogens (tertiary/aromatic N) is 1. The SMILES string of the molecule is CC(NC(=O)N1CCC(NC(=O)C2CCCCC2)CC1)C1CC2CCC1C2. The highest BCUT2D eigenvalue weighted by Gasteiger charge is 2.42. The van der Waals surface area contributed by atoms with Gasteiger partial charge in [-0.1, -0.05) is 25.7 Å². The van der Waals surface area contributed by atoms with Crippen molar-refractivity contribution >= 4 is 11.9 Å². The molecule has 0 spiro atoms. The van der Waals surface area contributed by atoms with E-state index in [1.807, 2.05) is 4.90 Å². The second-order valence-electron chi connectivity index (χ2n) is 9.68. The number of likely N-dealkylation sites (tertiary alicyclic amines) is 1.